The highest BCUT2D eigenvalue weighted by molar-refractivity contribution is 5.84. The Bertz CT molecular complexity index is 490. The fourth-order valence-electron chi connectivity index (χ4n) is 1.83. The van der Waals surface area contributed by atoms with Gasteiger partial charge in [0, 0.05) is 14.2 Å². The lowest BCUT2D eigenvalue weighted by Crippen LogP contribution is -2.60. The summed E-state index contributed by atoms with van der Waals surface area (Å²) in [5.74, 6) is -1.16. The van der Waals surface area contributed by atoms with Gasteiger partial charge in [-0.1, -0.05) is 30.3 Å². The van der Waals surface area contributed by atoms with Crippen LogP contribution in [-0.4, -0.2) is 47.9 Å². The van der Waals surface area contributed by atoms with Crippen LogP contribution in [0.25, 0.3) is 0 Å². The van der Waals surface area contributed by atoms with Gasteiger partial charge in [0.25, 0.3) is 0 Å². The Balaban J connectivity index is 2.77. The number of carbonyl (C=O) groups is 2. The zero-order valence-electron chi connectivity index (χ0n) is 12.7. The minimum absolute atomic E-state index is 0.0844. The number of amides is 1. The molecule has 0 spiro atoms. The van der Waals surface area contributed by atoms with Gasteiger partial charge in [0.05, 0.1) is 6.10 Å². The van der Waals surface area contributed by atoms with Gasteiger partial charge in [0.15, 0.2) is 5.54 Å². The van der Waals surface area contributed by atoms with Gasteiger partial charge in [-0.2, -0.15) is 0 Å². The number of methoxy groups -OCH3 is 1. The van der Waals surface area contributed by atoms with E-state index in [1.54, 1.807) is 6.92 Å². The second-order valence-corrected chi connectivity index (χ2v) is 4.93. The molecule has 0 heterocycles. The molecular weight excluding hydrogens is 274 g/mol. The third kappa shape index (κ3) is 3.72. The molecular formula is C15H21NO5. The lowest BCUT2D eigenvalue weighted by Gasteiger charge is -2.37. The van der Waals surface area contributed by atoms with Gasteiger partial charge in [-0.25, -0.2) is 9.59 Å². The van der Waals surface area contributed by atoms with Crippen LogP contribution in [0.1, 0.15) is 19.4 Å². The number of carbonyl (C=O) groups excluding carboxylic acids is 1. The molecule has 0 aliphatic heterocycles. The summed E-state index contributed by atoms with van der Waals surface area (Å²) in [6, 6.07) is 9.17. The van der Waals surface area contributed by atoms with Crippen LogP contribution < -0.4 is 0 Å². The van der Waals surface area contributed by atoms with E-state index in [1.165, 1.54) is 21.1 Å². The largest absolute Gasteiger partial charge is 0.479 e. The lowest BCUT2D eigenvalue weighted by atomic mass is 9.94. The first kappa shape index (κ1) is 17.0. The van der Waals surface area contributed by atoms with Crippen LogP contribution in [0.4, 0.5) is 4.79 Å². The summed E-state index contributed by atoms with van der Waals surface area (Å²) in [7, 11) is 2.78. The molecule has 1 aromatic carbocycles. The first-order chi connectivity index (χ1) is 9.83. The standard InChI is InChI=1S/C15H21NO5/c1-11(20-4)15(2,13(17)18)16(3)14(19)21-10-12-8-6-5-7-9-12/h5-9,11H,10H2,1-4H3,(H,17,18). The molecule has 0 fully saturated rings. The molecule has 2 unspecified atom stereocenters. The average Bonchev–Trinajstić information content (AvgIpc) is 2.50. The fraction of sp³-hybridized carbons (Fsp3) is 0.467. The van der Waals surface area contributed by atoms with Crippen molar-refractivity contribution in [1.29, 1.82) is 0 Å². The van der Waals surface area contributed by atoms with Gasteiger partial charge in [0.1, 0.15) is 6.61 Å². The smallest absolute Gasteiger partial charge is 0.410 e. The van der Waals surface area contributed by atoms with Crippen molar-refractivity contribution >= 4 is 12.1 Å². The zero-order chi connectivity index (χ0) is 16.0. The Morgan fingerprint density at radius 2 is 1.90 bits per heavy atom. The van der Waals surface area contributed by atoms with Crippen LogP contribution in [0.3, 0.4) is 0 Å². The Kier molecular flexibility index (Phi) is 5.72. The summed E-state index contributed by atoms with van der Waals surface area (Å²) in [5, 5.41) is 9.41. The highest BCUT2D eigenvalue weighted by atomic mass is 16.6. The van der Waals surface area contributed by atoms with Gasteiger partial charge in [-0.05, 0) is 19.4 Å². The number of hydrogen-bond donors (Lipinski definition) is 1. The minimum atomic E-state index is -1.51. The molecule has 1 aromatic rings. The molecule has 1 amide bonds. The number of hydrogen-bond acceptors (Lipinski definition) is 4. The van der Waals surface area contributed by atoms with E-state index < -0.39 is 23.7 Å². The molecule has 0 saturated heterocycles. The number of carboxylic acids is 1. The van der Waals surface area contributed by atoms with Crippen LogP contribution in [-0.2, 0) is 20.9 Å². The highest BCUT2D eigenvalue weighted by Crippen LogP contribution is 2.22. The topological polar surface area (TPSA) is 76.1 Å². The molecule has 0 aliphatic carbocycles. The summed E-state index contributed by atoms with van der Waals surface area (Å²) in [4.78, 5) is 24.6. The maximum absolute atomic E-state index is 12.1. The van der Waals surface area contributed by atoms with E-state index in [0.717, 1.165) is 10.5 Å². The molecule has 116 valence electrons. The van der Waals surface area contributed by atoms with Crippen molar-refractivity contribution in [1.82, 2.24) is 4.90 Å². The van der Waals surface area contributed by atoms with E-state index >= 15 is 0 Å². The average molecular weight is 295 g/mol. The molecule has 6 nitrogen and oxygen atoms in total. The molecule has 1 rings (SSSR count). The molecule has 21 heavy (non-hydrogen) atoms. The van der Waals surface area contributed by atoms with Crippen LogP contribution in [0.5, 0.6) is 0 Å². The highest BCUT2D eigenvalue weighted by Gasteiger charge is 2.46. The first-order valence-electron chi connectivity index (χ1n) is 6.54. The van der Waals surface area contributed by atoms with E-state index in [0.29, 0.717) is 0 Å². The zero-order valence-corrected chi connectivity index (χ0v) is 12.7. The van der Waals surface area contributed by atoms with E-state index in [2.05, 4.69) is 0 Å². The van der Waals surface area contributed by atoms with Crippen LogP contribution in [0.2, 0.25) is 0 Å². The molecule has 0 aromatic heterocycles. The summed E-state index contributed by atoms with van der Waals surface area (Å²) >= 11 is 0. The van der Waals surface area contributed by atoms with Gasteiger partial charge in [0.2, 0.25) is 0 Å². The van der Waals surface area contributed by atoms with Gasteiger partial charge in [-0.15, -0.1) is 0 Å². The molecule has 1 N–H and O–H groups in total. The number of carboxylic acid groups (broad SMARTS) is 1. The van der Waals surface area contributed by atoms with Crippen LogP contribution in [0, 0.1) is 0 Å². The van der Waals surface area contributed by atoms with Crippen molar-refractivity contribution in [2.24, 2.45) is 0 Å². The van der Waals surface area contributed by atoms with Crippen molar-refractivity contribution in [3.05, 3.63) is 35.9 Å². The summed E-state index contributed by atoms with van der Waals surface area (Å²) in [6.07, 6.45) is -1.41. The maximum Gasteiger partial charge on any atom is 0.410 e. The molecule has 6 heteroatoms. The van der Waals surface area contributed by atoms with Crippen LogP contribution in [0.15, 0.2) is 30.3 Å². The third-order valence-corrected chi connectivity index (χ3v) is 3.75. The summed E-state index contributed by atoms with van der Waals surface area (Å²) in [6.45, 7) is 3.10. The Morgan fingerprint density at radius 1 is 1.33 bits per heavy atom. The minimum Gasteiger partial charge on any atom is -0.479 e. The molecule has 0 aliphatic rings. The number of aliphatic carboxylic acids is 1. The van der Waals surface area contributed by atoms with E-state index in [-0.39, 0.29) is 6.61 Å². The SMILES string of the molecule is COC(C)C(C)(C(=O)O)N(C)C(=O)OCc1ccccc1. The van der Waals surface area contributed by atoms with Crippen molar-refractivity contribution < 1.29 is 24.2 Å². The number of benzene rings is 1. The third-order valence-electron chi connectivity index (χ3n) is 3.75. The predicted molar refractivity (Wildman–Crippen MR) is 76.9 cm³/mol. The lowest BCUT2D eigenvalue weighted by molar-refractivity contribution is -0.157. The molecule has 0 radical (unpaired) electrons. The van der Waals surface area contributed by atoms with E-state index in [9.17, 15) is 14.7 Å². The normalized spacial score (nSPS) is 14.9. The Morgan fingerprint density at radius 3 is 2.38 bits per heavy atom. The number of rotatable bonds is 6. The summed E-state index contributed by atoms with van der Waals surface area (Å²) < 4.78 is 10.2. The molecule has 0 saturated carbocycles. The predicted octanol–water partition coefficient (Wildman–Crippen LogP) is 2.13. The number of ether oxygens (including phenoxy) is 2. The second-order valence-electron chi connectivity index (χ2n) is 4.93. The van der Waals surface area contributed by atoms with Crippen molar-refractivity contribution in [2.75, 3.05) is 14.2 Å². The number of likely N-dealkylation sites (N-methyl/N-ethyl adjacent to an activating group) is 1. The van der Waals surface area contributed by atoms with Gasteiger partial charge in [-0.3, -0.25) is 4.90 Å². The van der Waals surface area contributed by atoms with Crippen molar-refractivity contribution in [2.45, 2.75) is 32.1 Å². The first-order valence-corrected chi connectivity index (χ1v) is 6.54. The monoisotopic (exact) mass is 295 g/mol. The second kappa shape index (κ2) is 7.08. The Labute approximate surface area is 124 Å². The van der Waals surface area contributed by atoms with Crippen LogP contribution >= 0.6 is 0 Å². The summed E-state index contributed by atoms with van der Waals surface area (Å²) in [5.41, 5.74) is -0.682. The number of nitrogens with zero attached hydrogens (tertiary/aromatic N) is 1. The fourth-order valence-corrected chi connectivity index (χ4v) is 1.83. The van der Waals surface area contributed by atoms with E-state index in [1.807, 2.05) is 30.3 Å². The van der Waals surface area contributed by atoms with Gasteiger partial charge < -0.3 is 14.6 Å². The molecule has 2 atom stereocenters. The van der Waals surface area contributed by atoms with E-state index in [4.69, 9.17) is 9.47 Å². The molecule has 0 bridgehead atoms. The quantitative estimate of drug-likeness (QED) is 0.870. The van der Waals surface area contributed by atoms with Crippen molar-refractivity contribution in [3.8, 4) is 0 Å². The van der Waals surface area contributed by atoms with Crippen molar-refractivity contribution in [3.63, 3.8) is 0 Å². The maximum atomic E-state index is 12.1. The Hall–Kier alpha value is -2.08. The van der Waals surface area contributed by atoms with Gasteiger partial charge >= 0.3 is 12.1 Å².